The van der Waals surface area contributed by atoms with E-state index < -0.39 is 0 Å². The van der Waals surface area contributed by atoms with Gasteiger partial charge in [0, 0.05) is 5.22 Å². The molecule has 2 nitrogen and oxygen atoms in total. The number of hydrogen-bond donors (Lipinski definition) is 0. The summed E-state index contributed by atoms with van der Waals surface area (Å²) in [5.41, 5.74) is 1.04. The van der Waals surface area contributed by atoms with Gasteiger partial charge in [0.25, 0.3) is 0 Å². The minimum absolute atomic E-state index is 0.713. The lowest BCUT2D eigenvalue weighted by molar-refractivity contribution is 0.352. The summed E-state index contributed by atoms with van der Waals surface area (Å²) in [7, 11) is 3.25. The molecule has 1 aromatic rings. The van der Waals surface area contributed by atoms with Crippen molar-refractivity contribution < 1.29 is 9.47 Å². The Balaban J connectivity index is 3.52. The molecule has 0 amide bonds. The number of methoxy groups -OCH3 is 2. The molecular weight excluding hydrogens is 200 g/mol. The van der Waals surface area contributed by atoms with Crippen LogP contribution in [0.25, 0.3) is 12.7 Å². The van der Waals surface area contributed by atoms with Crippen molar-refractivity contribution in [1.82, 2.24) is 0 Å². The van der Waals surface area contributed by atoms with Crippen LogP contribution in [-0.2, 0) is 0 Å². The Labute approximate surface area is 96.5 Å². The highest BCUT2D eigenvalue weighted by atomic mass is 16.5. The third kappa shape index (κ3) is 2.45. The highest BCUT2D eigenvalue weighted by Crippen LogP contribution is 2.19. The van der Waals surface area contributed by atoms with Crippen LogP contribution in [0.4, 0.5) is 0 Å². The largest absolute Gasteiger partial charge is 0.493 e. The van der Waals surface area contributed by atoms with Gasteiger partial charge in [-0.3, -0.25) is 0 Å². The van der Waals surface area contributed by atoms with Crippen molar-refractivity contribution in [2.75, 3.05) is 14.2 Å². The second-order valence-corrected chi connectivity index (χ2v) is 3.53. The summed E-state index contributed by atoms with van der Waals surface area (Å²) in [4.78, 5) is 0. The van der Waals surface area contributed by atoms with Crippen molar-refractivity contribution in [1.29, 1.82) is 0 Å². The zero-order chi connectivity index (χ0) is 12.1. The lowest BCUT2D eigenvalue weighted by Crippen LogP contribution is -2.25. The molecule has 0 aliphatic heterocycles. The SMILES string of the molecule is C=C(C=c1c(OC)c(OC)ccc1=C)CC. The molecule has 0 unspecified atom stereocenters. The Morgan fingerprint density at radius 1 is 1.31 bits per heavy atom. The minimum atomic E-state index is 0.713. The third-order valence-corrected chi connectivity index (χ3v) is 2.48. The van der Waals surface area contributed by atoms with E-state index in [2.05, 4.69) is 20.1 Å². The van der Waals surface area contributed by atoms with Gasteiger partial charge < -0.3 is 9.47 Å². The van der Waals surface area contributed by atoms with E-state index in [1.54, 1.807) is 14.2 Å². The Morgan fingerprint density at radius 3 is 2.50 bits per heavy atom. The van der Waals surface area contributed by atoms with Gasteiger partial charge in [0.1, 0.15) is 0 Å². The summed E-state index contributed by atoms with van der Waals surface area (Å²) in [6.45, 7) is 10.0. The highest BCUT2D eigenvalue weighted by Gasteiger charge is 2.04. The van der Waals surface area contributed by atoms with Crippen molar-refractivity contribution >= 4 is 12.7 Å². The molecule has 0 radical (unpaired) electrons. The quantitative estimate of drug-likeness (QED) is 0.768. The summed E-state index contributed by atoms with van der Waals surface area (Å²) >= 11 is 0. The summed E-state index contributed by atoms with van der Waals surface area (Å²) < 4.78 is 10.6. The topological polar surface area (TPSA) is 18.5 Å². The molecule has 0 saturated heterocycles. The van der Waals surface area contributed by atoms with Gasteiger partial charge in [0.05, 0.1) is 14.2 Å². The van der Waals surface area contributed by atoms with Crippen LogP contribution >= 0.6 is 0 Å². The fourth-order valence-electron chi connectivity index (χ4n) is 1.46. The van der Waals surface area contributed by atoms with Gasteiger partial charge in [-0.15, -0.1) is 0 Å². The van der Waals surface area contributed by atoms with Crippen LogP contribution in [0.1, 0.15) is 13.3 Å². The molecule has 0 spiro atoms. The van der Waals surface area contributed by atoms with Gasteiger partial charge in [-0.25, -0.2) is 0 Å². The second-order valence-electron chi connectivity index (χ2n) is 3.53. The molecular formula is C14H18O2. The van der Waals surface area contributed by atoms with Gasteiger partial charge in [-0.2, -0.15) is 0 Å². The van der Waals surface area contributed by atoms with Gasteiger partial charge in [0.15, 0.2) is 11.5 Å². The zero-order valence-corrected chi connectivity index (χ0v) is 10.2. The van der Waals surface area contributed by atoms with E-state index in [1.807, 2.05) is 18.2 Å². The molecule has 1 rings (SSSR count). The fourth-order valence-corrected chi connectivity index (χ4v) is 1.46. The Kier molecular flexibility index (Phi) is 4.18. The smallest absolute Gasteiger partial charge is 0.168 e. The third-order valence-electron chi connectivity index (χ3n) is 2.48. The molecule has 0 aliphatic carbocycles. The maximum Gasteiger partial charge on any atom is 0.168 e. The fraction of sp³-hybridized carbons (Fsp3) is 0.286. The molecule has 16 heavy (non-hydrogen) atoms. The highest BCUT2D eigenvalue weighted by molar-refractivity contribution is 5.53. The molecule has 2 heteroatoms. The molecule has 0 atom stereocenters. The summed E-state index contributed by atoms with van der Waals surface area (Å²) in [6, 6.07) is 3.77. The molecule has 0 fully saturated rings. The minimum Gasteiger partial charge on any atom is -0.493 e. The van der Waals surface area contributed by atoms with E-state index >= 15 is 0 Å². The van der Waals surface area contributed by atoms with Gasteiger partial charge in [0.2, 0.25) is 0 Å². The number of allylic oxidation sites excluding steroid dienone is 1. The predicted octanol–water partition coefficient (Wildman–Crippen LogP) is 1.86. The maximum absolute atomic E-state index is 5.36. The van der Waals surface area contributed by atoms with Crippen molar-refractivity contribution in [3.05, 3.63) is 34.7 Å². The molecule has 0 aromatic heterocycles. The van der Waals surface area contributed by atoms with E-state index in [0.29, 0.717) is 11.5 Å². The molecule has 0 saturated carbocycles. The lowest BCUT2D eigenvalue weighted by Gasteiger charge is -2.08. The molecule has 86 valence electrons. The van der Waals surface area contributed by atoms with E-state index in [4.69, 9.17) is 9.47 Å². The number of hydrogen-bond acceptors (Lipinski definition) is 2. The monoisotopic (exact) mass is 218 g/mol. The van der Waals surface area contributed by atoms with Crippen molar-refractivity contribution in [3.8, 4) is 11.5 Å². The second kappa shape index (κ2) is 5.40. The number of ether oxygens (including phenoxy) is 2. The van der Waals surface area contributed by atoms with Crippen molar-refractivity contribution in [3.63, 3.8) is 0 Å². The maximum atomic E-state index is 5.36. The van der Waals surface area contributed by atoms with Gasteiger partial charge >= 0.3 is 0 Å². The Hall–Kier alpha value is -1.70. The number of rotatable bonds is 4. The molecule has 0 aliphatic rings. The van der Waals surface area contributed by atoms with E-state index in [1.165, 1.54) is 0 Å². The Morgan fingerprint density at radius 2 is 2.00 bits per heavy atom. The van der Waals surface area contributed by atoms with E-state index in [9.17, 15) is 0 Å². The molecule has 1 aromatic carbocycles. The molecule has 0 heterocycles. The zero-order valence-electron chi connectivity index (χ0n) is 10.2. The van der Waals surface area contributed by atoms with Crippen LogP contribution in [0.15, 0.2) is 24.3 Å². The summed E-state index contributed by atoms with van der Waals surface area (Å²) in [5, 5.41) is 1.85. The van der Waals surface area contributed by atoms with Gasteiger partial charge in [-0.1, -0.05) is 31.7 Å². The van der Waals surface area contributed by atoms with Crippen LogP contribution in [0, 0.1) is 0 Å². The first-order valence-electron chi connectivity index (χ1n) is 5.23. The molecule has 0 bridgehead atoms. The van der Waals surface area contributed by atoms with Crippen molar-refractivity contribution in [2.45, 2.75) is 13.3 Å². The van der Waals surface area contributed by atoms with Gasteiger partial charge in [-0.05, 0) is 23.8 Å². The van der Waals surface area contributed by atoms with Crippen LogP contribution in [-0.4, -0.2) is 14.2 Å². The van der Waals surface area contributed by atoms with Crippen LogP contribution in [0.2, 0.25) is 0 Å². The predicted molar refractivity (Wildman–Crippen MR) is 68.2 cm³/mol. The van der Waals surface area contributed by atoms with Crippen LogP contribution < -0.4 is 19.9 Å². The van der Waals surface area contributed by atoms with E-state index in [-0.39, 0.29) is 0 Å². The lowest BCUT2D eigenvalue weighted by atomic mass is 10.1. The standard InChI is InChI=1S/C14H18O2/c1-6-10(2)9-12-11(3)7-8-13(15-4)14(12)16-5/h7-9H,2-3,6H2,1,4-5H3. The summed E-state index contributed by atoms with van der Waals surface area (Å²) in [6.07, 6.45) is 2.89. The van der Waals surface area contributed by atoms with E-state index in [0.717, 1.165) is 22.4 Å². The van der Waals surface area contributed by atoms with Crippen LogP contribution in [0.3, 0.4) is 0 Å². The first kappa shape index (κ1) is 12.4. The first-order valence-corrected chi connectivity index (χ1v) is 5.23. The van der Waals surface area contributed by atoms with Crippen LogP contribution in [0.5, 0.6) is 11.5 Å². The first-order chi connectivity index (χ1) is 7.63. The number of benzene rings is 1. The Bertz CT molecular complexity index is 486. The summed E-state index contributed by atoms with van der Waals surface area (Å²) in [5.74, 6) is 1.43. The molecule has 0 N–H and O–H groups in total. The average Bonchev–Trinajstić information content (AvgIpc) is 2.31. The van der Waals surface area contributed by atoms with Crippen molar-refractivity contribution in [2.24, 2.45) is 0 Å². The average molecular weight is 218 g/mol. The normalized spacial score (nSPS) is 11.3.